The van der Waals surface area contributed by atoms with Crippen LogP contribution in [0.1, 0.15) is 240 Å². The molecule has 0 aromatic carbocycles. The molecule has 0 aromatic rings. The second kappa shape index (κ2) is 42.6. The molecule has 0 radical (unpaired) electrons. The Morgan fingerprint density at radius 1 is 0.423 bits per heavy atom. The largest absolute Gasteiger partial charge is 0.466 e. The van der Waals surface area contributed by atoms with Gasteiger partial charge in [-0.15, -0.1) is 0 Å². The quantitative estimate of drug-likeness (QED) is 0.0458. The first-order chi connectivity index (χ1) is 25.6. The van der Waals surface area contributed by atoms with E-state index in [2.05, 4.69) is 32.6 Å². The Bertz CT molecular complexity index is 716. The molecule has 6 nitrogen and oxygen atoms in total. The van der Waals surface area contributed by atoms with Crippen LogP contribution in [0.2, 0.25) is 0 Å². The average Bonchev–Trinajstić information content (AvgIpc) is 3.14. The summed E-state index contributed by atoms with van der Waals surface area (Å²) in [6.45, 7) is 14.3. The number of hydrogen-bond donors (Lipinski definition) is 0. The van der Waals surface area contributed by atoms with E-state index in [0.29, 0.717) is 19.4 Å². The van der Waals surface area contributed by atoms with Gasteiger partial charge in [-0.1, -0.05) is 162 Å². The number of unbranched alkanes of at least 4 members (excludes halogenated alkanes) is 24. The van der Waals surface area contributed by atoms with E-state index < -0.39 is 0 Å². The Balaban J connectivity index is 4.09. The highest BCUT2D eigenvalue weighted by atomic mass is 16.5. The number of ether oxygens (including phenoxy) is 3. The number of nitrogens with zero attached hydrogens (tertiary/aromatic N) is 1. The molecule has 6 heteroatoms. The van der Waals surface area contributed by atoms with Gasteiger partial charge in [0.15, 0.2) is 0 Å². The van der Waals surface area contributed by atoms with Crippen molar-refractivity contribution in [1.82, 2.24) is 4.90 Å². The molecule has 0 bridgehead atoms. The topological polar surface area (TPSA) is 65.1 Å². The number of carbonyl (C=O) groups excluding carboxylic acids is 2. The smallest absolute Gasteiger partial charge is 0.306 e. The van der Waals surface area contributed by atoms with Gasteiger partial charge in [0.25, 0.3) is 0 Å². The standard InChI is InChI=1S/C46H91NO5/c1-5-9-12-15-18-27-34-42-51-45(48)37-30-23-19-25-32-39-47(41-43-50-8-4)40-33-26-20-24-31-38-46(49)52-44(35-28-21-16-13-10-6-2)36-29-22-17-14-11-7-3/h44H,5-43H2,1-4H3. The van der Waals surface area contributed by atoms with Crippen LogP contribution in [0.5, 0.6) is 0 Å². The highest BCUT2D eigenvalue weighted by Gasteiger charge is 2.14. The van der Waals surface area contributed by atoms with Gasteiger partial charge in [-0.25, -0.2) is 0 Å². The maximum atomic E-state index is 12.7. The molecule has 310 valence electrons. The number of rotatable bonds is 43. The van der Waals surface area contributed by atoms with Crippen molar-refractivity contribution >= 4 is 11.9 Å². The van der Waals surface area contributed by atoms with Crippen LogP contribution in [-0.4, -0.2) is 62.4 Å². The Morgan fingerprint density at radius 2 is 0.827 bits per heavy atom. The Labute approximate surface area is 325 Å². The Kier molecular flexibility index (Phi) is 41.7. The van der Waals surface area contributed by atoms with Crippen molar-refractivity contribution in [3.63, 3.8) is 0 Å². The van der Waals surface area contributed by atoms with Crippen molar-refractivity contribution in [2.24, 2.45) is 0 Å². The third-order valence-corrected chi connectivity index (χ3v) is 10.5. The van der Waals surface area contributed by atoms with Crippen molar-refractivity contribution in [3.8, 4) is 0 Å². The van der Waals surface area contributed by atoms with Crippen LogP contribution in [-0.2, 0) is 23.8 Å². The van der Waals surface area contributed by atoms with Gasteiger partial charge in [0.05, 0.1) is 13.2 Å². The maximum absolute atomic E-state index is 12.7. The minimum atomic E-state index is -0.0146. The molecule has 52 heavy (non-hydrogen) atoms. The molecule has 0 aliphatic carbocycles. The Morgan fingerprint density at radius 3 is 1.31 bits per heavy atom. The second-order valence-electron chi connectivity index (χ2n) is 15.6. The number of hydrogen-bond acceptors (Lipinski definition) is 6. The molecular formula is C46H91NO5. The summed E-state index contributed by atoms with van der Waals surface area (Å²) < 4.78 is 17.2. The van der Waals surface area contributed by atoms with Crippen molar-refractivity contribution in [2.75, 3.05) is 39.5 Å². The lowest BCUT2D eigenvalue weighted by molar-refractivity contribution is -0.150. The monoisotopic (exact) mass is 738 g/mol. The molecule has 0 rings (SSSR count). The molecule has 0 fully saturated rings. The SMILES string of the molecule is CCCCCCCCCOC(=O)CCCCCCCN(CCCCCCCC(=O)OC(CCCCCCCC)CCCCCCCC)CCOCC. The van der Waals surface area contributed by atoms with Gasteiger partial charge in [0, 0.05) is 26.0 Å². The van der Waals surface area contributed by atoms with Crippen LogP contribution in [0.15, 0.2) is 0 Å². The summed E-state index contributed by atoms with van der Waals surface area (Å²) >= 11 is 0. The molecular weight excluding hydrogens is 647 g/mol. The highest BCUT2D eigenvalue weighted by molar-refractivity contribution is 5.69. The minimum absolute atomic E-state index is 0.0146. The van der Waals surface area contributed by atoms with Crippen molar-refractivity contribution < 1.29 is 23.8 Å². The van der Waals surface area contributed by atoms with Gasteiger partial charge in [-0.3, -0.25) is 9.59 Å². The minimum Gasteiger partial charge on any atom is -0.466 e. The fraction of sp³-hybridized carbons (Fsp3) is 0.957. The molecule has 0 aliphatic heterocycles. The van der Waals surface area contributed by atoms with E-state index in [0.717, 1.165) is 77.8 Å². The van der Waals surface area contributed by atoms with Gasteiger partial charge >= 0.3 is 11.9 Å². The lowest BCUT2D eigenvalue weighted by atomic mass is 10.0. The van der Waals surface area contributed by atoms with E-state index in [1.165, 1.54) is 154 Å². The van der Waals surface area contributed by atoms with E-state index in [1.807, 2.05) is 0 Å². The molecule has 0 unspecified atom stereocenters. The molecule has 0 spiro atoms. The number of carbonyl (C=O) groups is 2. The molecule has 0 atom stereocenters. The highest BCUT2D eigenvalue weighted by Crippen LogP contribution is 2.18. The zero-order valence-corrected chi connectivity index (χ0v) is 35.6. The molecule has 0 saturated heterocycles. The van der Waals surface area contributed by atoms with Gasteiger partial charge in [-0.05, 0) is 77.8 Å². The zero-order valence-electron chi connectivity index (χ0n) is 35.6. The van der Waals surface area contributed by atoms with Crippen LogP contribution in [0.4, 0.5) is 0 Å². The first kappa shape index (κ1) is 50.9. The van der Waals surface area contributed by atoms with E-state index in [4.69, 9.17) is 14.2 Å². The van der Waals surface area contributed by atoms with Gasteiger partial charge in [0.2, 0.25) is 0 Å². The van der Waals surface area contributed by atoms with Crippen LogP contribution in [0.3, 0.4) is 0 Å². The lowest BCUT2D eigenvalue weighted by Gasteiger charge is -2.22. The lowest BCUT2D eigenvalue weighted by Crippen LogP contribution is -2.30. The summed E-state index contributed by atoms with van der Waals surface area (Å²) in [5, 5.41) is 0. The third kappa shape index (κ3) is 38.6. The molecule has 0 N–H and O–H groups in total. The molecule has 0 aliphatic rings. The van der Waals surface area contributed by atoms with E-state index >= 15 is 0 Å². The normalized spacial score (nSPS) is 11.6. The summed E-state index contributed by atoms with van der Waals surface area (Å²) in [5.74, 6) is 0.0158. The fourth-order valence-electron chi connectivity index (χ4n) is 7.07. The van der Waals surface area contributed by atoms with Gasteiger partial charge in [-0.2, -0.15) is 0 Å². The molecule has 0 amide bonds. The summed E-state index contributed by atoms with van der Waals surface area (Å²) in [6.07, 6.45) is 38.9. The van der Waals surface area contributed by atoms with Gasteiger partial charge in [0.1, 0.15) is 6.10 Å². The average molecular weight is 738 g/mol. The van der Waals surface area contributed by atoms with Gasteiger partial charge < -0.3 is 19.1 Å². The second-order valence-corrected chi connectivity index (χ2v) is 15.6. The van der Waals surface area contributed by atoms with E-state index in [-0.39, 0.29) is 18.0 Å². The molecule has 0 heterocycles. The summed E-state index contributed by atoms with van der Waals surface area (Å²) in [5.41, 5.74) is 0. The van der Waals surface area contributed by atoms with Crippen molar-refractivity contribution in [3.05, 3.63) is 0 Å². The maximum Gasteiger partial charge on any atom is 0.306 e. The van der Waals surface area contributed by atoms with Crippen LogP contribution in [0.25, 0.3) is 0 Å². The molecule has 0 aromatic heterocycles. The Hall–Kier alpha value is -1.14. The third-order valence-electron chi connectivity index (χ3n) is 10.5. The molecule has 0 saturated carbocycles. The van der Waals surface area contributed by atoms with E-state index in [9.17, 15) is 9.59 Å². The van der Waals surface area contributed by atoms with Crippen LogP contribution < -0.4 is 0 Å². The first-order valence-electron chi connectivity index (χ1n) is 23.2. The van der Waals surface area contributed by atoms with E-state index in [1.54, 1.807) is 0 Å². The predicted molar refractivity (Wildman–Crippen MR) is 223 cm³/mol. The zero-order chi connectivity index (χ0) is 38.0. The summed E-state index contributed by atoms with van der Waals surface area (Å²) in [4.78, 5) is 27.4. The summed E-state index contributed by atoms with van der Waals surface area (Å²) in [6, 6.07) is 0. The fourth-order valence-corrected chi connectivity index (χ4v) is 7.07. The van der Waals surface area contributed by atoms with Crippen LogP contribution in [0, 0.1) is 0 Å². The van der Waals surface area contributed by atoms with Crippen LogP contribution >= 0.6 is 0 Å². The number of esters is 2. The van der Waals surface area contributed by atoms with Crippen molar-refractivity contribution in [2.45, 2.75) is 246 Å². The first-order valence-corrected chi connectivity index (χ1v) is 23.2. The van der Waals surface area contributed by atoms with Crippen molar-refractivity contribution in [1.29, 1.82) is 0 Å². The summed E-state index contributed by atoms with van der Waals surface area (Å²) in [7, 11) is 0. The predicted octanol–water partition coefficient (Wildman–Crippen LogP) is 13.7.